The van der Waals surface area contributed by atoms with E-state index in [0.29, 0.717) is 0 Å². The van der Waals surface area contributed by atoms with Crippen LogP contribution in [-0.4, -0.2) is 10.8 Å². The SMILES string of the molecule is C=Cc1ccc(N=C(C)c2ccc(O)cc2)cc1. The first kappa shape index (κ1) is 12.1. The summed E-state index contributed by atoms with van der Waals surface area (Å²) in [6, 6.07) is 14.9. The molecule has 1 N–H and O–H groups in total. The summed E-state index contributed by atoms with van der Waals surface area (Å²) in [6.07, 6.45) is 1.81. The van der Waals surface area contributed by atoms with Crippen LogP contribution in [0.15, 0.2) is 60.1 Å². The fraction of sp³-hybridized carbons (Fsp3) is 0.0625. The third-order valence-corrected chi connectivity index (χ3v) is 2.71. The lowest BCUT2D eigenvalue weighted by atomic mass is 10.1. The summed E-state index contributed by atoms with van der Waals surface area (Å²) in [5.41, 5.74) is 3.91. The Bertz CT molecular complexity index is 565. The highest BCUT2D eigenvalue weighted by Crippen LogP contribution is 2.17. The molecule has 0 saturated heterocycles. The van der Waals surface area contributed by atoms with E-state index in [9.17, 15) is 5.11 Å². The molecule has 2 rings (SSSR count). The number of aliphatic imine (C=N–C) groups is 1. The summed E-state index contributed by atoms with van der Waals surface area (Å²) in [5, 5.41) is 9.24. The van der Waals surface area contributed by atoms with Crippen LogP contribution in [0.3, 0.4) is 0 Å². The molecule has 0 heterocycles. The Morgan fingerprint density at radius 2 is 1.67 bits per heavy atom. The van der Waals surface area contributed by atoms with E-state index in [2.05, 4.69) is 11.6 Å². The third kappa shape index (κ3) is 2.86. The molecule has 18 heavy (non-hydrogen) atoms. The van der Waals surface area contributed by atoms with E-state index in [1.54, 1.807) is 18.2 Å². The maximum Gasteiger partial charge on any atom is 0.115 e. The maximum absolute atomic E-state index is 9.24. The van der Waals surface area contributed by atoms with Crippen LogP contribution < -0.4 is 0 Å². The molecule has 90 valence electrons. The van der Waals surface area contributed by atoms with Crippen LogP contribution in [-0.2, 0) is 0 Å². The van der Waals surface area contributed by atoms with Crippen molar-refractivity contribution in [1.82, 2.24) is 0 Å². The van der Waals surface area contributed by atoms with Gasteiger partial charge >= 0.3 is 0 Å². The minimum atomic E-state index is 0.266. The predicted molar refractivity (Wildman–Crippen MR) is 76.5 cm³/mol. The summed E-state index contributed by atoms with van der Waals surface area (Å²) in [7, 11) is 0. The van der Waals surface area contributed by atoms with Crippen LogP contribution in [0.5, 0.6) is 5.75 Å². The fourth-order valence-electron chi connectivity index (χ4n) is 1.65. The number of rotatable bonds is 3. The van der Waals surface area contributed by atoms with Gasteiger partial charge in [-0.15, -0.1) is 0 Å². The van der Waals surface area contributed by atoms with Crippen molar-refractivity contribution in [3.05, 3.63) is 66.2 Å². The van der Waals surface area contributed by atoms with Crippen molar-refractivity contribution in [3.63, 3.8) is 0 Å². The molecule has 0 aliphatic carbocycles. The fourth-order valence-corrected chi connectivity index (χ4v) is 1.65. The Balaban J connectivity index is 2.26. The molecular weight excluding hydrogens is 222 g/mol. The Kier molecular flexibility index (Phi) is 3.58. The second-order valence-electron chi connectivity index (χ2n) is 4.04. The standard InChI is InChI=1S/C16H15NO/c1-3-13-4-8-15(9-5-13)17-12(2)14-6-10-16(18)11-7-14/h3-11,18H,1H2,2H3. The van der Waals surface area contributed by atoms with Gasteiger partial charge in [-0.2, -0.15) is 0 Å². The van der Waals surface area contributed by atoms with Gasteiger partial charge in [-0.1, -0.05) is 24.8 Å². The lowest BCUT2D eigenvalue weighted by molar-refractivity contribution is 0.475. The first-order valence-electron chi connectivity index (χ1n) is 5.76. The summed E-state index contributed by atoms with van der Waals surface area (Å²) < 4.78 is 0. The number of hydrogen-bond acceptors (Lipinski definition) is 2. The monoisotopic (exact) mass is 237 g/mol. The molecule has 0 atom stereocenters. The predicted octanol–water partition coefficient (Wildman–Crippen LogP) is 4.18. The van der Waals surface area contributed by atoms with Crippen molar-refractivity contribution in [2.45, 2.75) is 6.92 Å². The highest BCUT2D eigenvalue weighted by atomic mass is 16.3. The molecule has 2 aromatic rings. The van der Waals surface area contributed by atoms with E-state index in [1.165, 1.54) is 0 Å². The van der Waals surface area contributed by atoms with Crippen LogP contribution in [0.25, 0.3) is 6.08 Å². The Morgan fingerprint density at radius 1 is 1.06 bits per heavy atom. The largest absolute Gasteiger partial charge is 0.508 e. The van der Waals surface area contributed by atoms with Gasteiger partial charge < -0.3 is 5.11 Å². The van der Waals surface area contributed by atoms with Crippen molar-refractivity contribution >= 4 is 17.5 Å². The molecule has 0 saturated carbocycles. The molecule has 0 aliphatic rings. The van der Waals surface area contributed by atoms with E-state index in [-0.39, 0.29) is 5.75 Å². The summed E-state index contributed by atoms with van der Waals surface area (Å²) >= 11 is 0. The van der Waals surface area contributed by atoms with Gasteiger partial charge in [0.25, 0.3) is 0 Å². The lowest BCUT2D eigenvalue weighted by Gasteiger charge is -2.02. The van der Waals surface area contributed by atoms with Gasteiger partial charge in [0.15, 0.2) is 0 Å². The zero-order valence-electron chi connectivity index (χ0n) is 10.3. The van der Waals surface area contributed by atoms with Gasteiger partial charge in [-0.05, 0) is 54.4 Å². The molecule has 0 amide bonds. The second-order valence-corrected chi connectivity index (χ2v) is 4.04. The smallest absolute Gasteiger partial charge is 0.115 e. The molecule has 0 aromatic heterocycles. The van der Waals surface area contributed by atoms with E-state index < -0.39 is 0 Å². The highest BCUT2D eigenvalue weighted by Gasteiger charge is 1.98. The average molecular weight is 237 g/mol. The number of aromatic hydroxyl groups is 1. The van der Waals surface area contributed by atoms with Crippen molar-refractivity contribution in [3.8, 4) is 5.75 Å². The first-order valence-corrected chi connectivity index (χ1v) is 5.76. The van der Waals surface area contributed by atoms with Crippen LogP contribution >= 0.6 is 0 Å². The van der Waals surface area contributed by atoms with E-state index >= 15 is 0 Å². The van der Waals surface area contributed by atoms with E-state index in [4.69, 9.17) is 0 Å². The Morgan fingerprint density at radius 3 is 2.22 bits per heavy atom. The Labute approximate surface area is 107 Å². The zero-order chi connectivity index (χ0) is 13.0. The summed E-state index contributed by atoms with van der Waals surface area (Å²) in [6.45, 7) is 5.67. The second kappa shape index (κ2) is 5.32. The van der Waals surface area contributed by atoms with Crippen molar-refractivity contribution in [2.75, 3.05) is 0 Å². The highest BCUT2D eigenvalue weighted by molar-refractivity contribution is 6.00. The lowest BCUT2D eigenvalue weighted by Crippen LogP contribution is -1.92. The van der Waals surface area contributed by atoms with Gasteiger partial charge in [-0.25, -0.2) is 0 Å². The molecule has 0 aliphatic heterocycles. The number of nitrogens with zero attached hydrogens (tertiary/aromatic N) is 1. The van der Waals surface area contributed by atoms with Gasteiger partial charge in [-0.3, -0.25) is 4.99 Å². The molecule has 0 radical (unpaired) electrons. The van der Waals surface area contributed by atoms with Crippen molar-refractivity contribution in [1.29, 1.82) is 0 Å². The Hall–Kier alpha value is -2.35. The van der Waals surface area contributed by atoms with Gasteiger partial charge in [0, 0.05) is 5.71 Å². The van der Waals surface area contributed by atoms with Gasteiger partial charge in [0.05, 0.1) is 5.69 Å². The summed E-state index contributed by atoms with van der Waals surface area (Å²) in [4.78, 5) is 4.54. The van der Waals surface area contributed by atoms with Crippen LogP contribution in [0.2, 0.25) is 0 Å². The number of hydrogen-bond donors (Lipinski definition) is 1. The molecule has 0 spiro atoms. The minimum absolute atomic E-state index is 0.266. The minimum Gasteiger partial charge on any atom is -0.508 e. The molecule has 2 aromatic carbocycles. The zero-order valence-corrected chi connectivity index (χ0v) is 10.3. The molecule has 2 heteroatoms. The van der Waals surface area contributed by atoms with Crippen molar-refractivity contribution in [2.24, 2.45) is 4.99 Å². The molecule has 0 fully saturated rings. The van der Waals surface area contributed by atoms with Crippen molar-refractivity contribution < 1.29 is 5.11 Å². The number of phenolic OH excluding ortho intramolecular Hbond substituents is 1. The van der Waals surface area contributed by atoms with Crippen LogP contribution in [0.1, 0.15) is 18.1 Å². The van der Waals surface area contributed by atoms with Crippen LogP contribution in [0.4, 0.5) is 5.69 Å². The topological polar surface area (TPSA) is 32.6 Å². The molecule has 0 bridgehead atoms. The van der Waals surface area contributed by atoms with E-state index in [0.717, 1.165) is 22.5 Å². The normalized spacial score (nSPS) is 11.3. The summed E-state index contributed by atoms with van der Waals surface area (Å²) in [5.74, 6) is 0.266. The first-order chi connectivity index (χ1) is 8.69. The quantitative estimate of drug-likeness (QED) is 0.798. The number of phenols is 1. The van der Waals surface area contributed by atoms with E-state index in [1.807, 2.05) is 43.3 Å². The van der Waals surface area contributed by atoms with Gasteiger partial charge in [0.1, 0.15) is 5.75 Å². The van der Waals surface area contributed by atoms with Crippen LogP contribution in [0, 0.1) is 0 Å². The van der Waals surface area contributed by atoms with Gasteiger partial charge in [0.2, 0.25) is 0 Å². The average Bonchev–Trinajstić information content (AvgIpc) is 2.40. The molecular formula is C16H15NO. The third-order valence-electron chi connectivity index (χ3n) is 2.71. The maximum atomic E-state index is 9.24. The molecule has 0 unspecified atom stereocenters. The number of benzene rings is 2. The molecule has 2 nitrogen and oxygen atoms in total.